The molecule has 3 rings (SSSR count). The Morgan fingerprint density at radius 3 is 2.65 bits per heavy atom. The van der Waals surface area contributed by atoms with E-state index in [0.717, 1.165) is 5.56 Å². The minimum atomic E-state index is -3.16. The van der Waals surface area contributed by atoms with Crippen molar-refractivity contribution in [3.63, 3.8) is 0 Å². The lowest BCUT2D eigenvalue weighted by molar-refractivity contribution is 0.379. The van der Waals surface area contributed by atoms with E-state index in [9.17, 15) is 8.42 Å². The molecule has 0 spiro atoms. The van der Waals surface area contributed by atoms with Crippen LogP contribution < -0.4 is 0 Å². The van der Waals surface area contributed by atoms with Crippen LogP contribution in [0.25, 0.3) is 11.5 Å². The monoisotopic (exact) mass is 313 g/mol. The van der Waals surface area contributed by atoms with E-state index in [4.69, 9.17) is 16.0 Å². The van der Waals surface area contributed by atoms with Gasteiger partial charge in [0.05, 0.1) is 12.3 Å². The van der Waals surface area contributed by atoms with Crippen molar-refractivity contribution in [2.45, 2.75) is 13.0 Å². The first kappa shape index (κ1) is 13.5. The van der Waals surface area contributed by atoms with E-state index in [2.05, 4.69) is 10.2 Å². The van der Waals surface area contributed by atoms with Gasteiger partial charge in [0, 0.05) is 17.1 Å². The van der Waals surface area contributed by atoms with Gasteiger partial charge in [-0.2, -0.15) is 4.31 Å². The predicted molar refractivity (Wildman–Crippen MR) is 73.6 cm³/mol. The molecule has 0 amide bonds. The third kappa shape index (κ3) is 2.70. The Kier molecular flexibility index (Phi) is 3.49. The van der Waals surface area contributed by atoms with Crippen molar-refractivity contribution >= 4 is 21.6 Å². The Balaban J connectivity index is 1.79. The van der Waals surface area contributed by atoms with Gasteiger partial charge in [0.1, 0.15) is 0 Å². The summed E-state index contributed by atoms with van der Waals surface area (Å²) in [5.41, 5.74) is 0.748. The fraction of sp³-hybridized carbons (Fsp3) is 0.333. The molecule has 0 N–H and O–H groups in total. The lowest BCUT2D eigenvalue weighted by atomic mass is 10.2. The Hall–Kier alpha value is -1.44. The van der Waals surface area contributed by atoms with Gasteiger partial charge >= 0.3 is 0 Å². The molecule has 0 radical (unpaired) electrons. The van der Waals surface area contributed by atoms with E-state index < -0.39 is 10.0 Å². The Labute approximate surface area is 121 Å². The topological polar surface area (TPSA) is 76.3 Å². The summed E-state index contributed by atoms with van der Waals surface area (Å²) in [7, 11) is -3.16. The molecule has 6 nitrogen and oxygen atoms in total. The highest BCUT2D eigenvalue weighted by Gasteiger charge is 2.29. The molecule has 0 unspecified atom stereocenters. The van der Waals surface area contributed by atoms with Crippen molar-refractivity contribution in [1.82, 2.24) is 14.5 Å². The van der Waals surface area contributed by atoms with E-state index in [1.807, 2.05) is 0 Å². The number of sulfonamides is 1. The van der Waals surface area contributed by atoms with E-state index in [1.54, 1.807) is 24.3 Å². The summed E-state index contributed by atoms with van der Waals surface area (Å²) in [4.78, 5) is 0. The third-order valence-electron chi connectivity index (χ3n) is 3.07. The molecule has 8 heteroatoms. The number of nitrogens with zero attached hydrogens (tertiary/aromatic N) is 3. The van der Waals surface area contributed by atoms with Gasteiger partial charge in [-0.05, 0) is 30.7 Å². The molecule has 1 aliphatic rings. The highest BCUT2D eigenvalue weighted by atomic mass is 35.5. The molecule has 0 bridgehead atoms. The Bertz CT molecular complexity index is 712. The summed E-state index contributed by atoms with van der Waals surface area (Å²) >= 11 is 5.81. The second-order valence-corrected chi connectivity index (χ2v) is 7.04. The highest BCUT2D eigenvalue weighted by molar-refractivity contribution is 7.89. The van der Waals surface area contributed by atoms with Gasteiger partial charge < -0.3 is 4.42 Å². The number of hydrogen-bond acceptors (Lipinski definition) is 5. The summed E-state index contributed by atoms with van der Waals surface area (Å²) in [6.07, 6.45) is 0.639. The van der Waals surface area contributed by atoms with Crippen LogP contribution in [0.5, 0.6) is 0 Å². The van der Waals surface area contributed by atoms with Crippen molar-refractivity contribution in [2.24, 2.45) is 0 Å². The highest BCUT2D eigenvalue weighted by Crippen LogP contribution is 2.22. The second-order valence-electron chi connectivity index (χ2n) is 4.51. The van der Waals surface area contributed by atoms with Crippen LogP contribution in [0, 0.1) is 0 Å². The van der Waals surface area contributed by atoms with Gasteiger partial charge in [0.2, 0.25) is 21.8 Å². The smallest absolute Gasteiger partial charge is 0.247 e. The van der Waals surface area contributed by atoms with Gasteiger partial charge in [-0.1, -0.05) is 11.6 Å². The van der Waals surface area contributed by atoms with Crippen LogP contribution in [0.3, 0.4) is 0 Å². The van der Waals surface area contributed by atoms with Gasteiger partial charge in [-0.25, -0.2) is 8.42 Å². The normalized spacial score (nSPS) is 18.4. The maximum atomic E-state index is 11.7. The average Bonchev–Trinajstić information content (AvgIpc) is 2.99. The fourth-order valence-corrected chi connectivity index (χ4v) is 3.64. The van der Waals surface area contributed by atoms with Crippen LogP contribution in [0.2, 0.25) is 5.02 Å². The average molecular weight is 314 g/mol. The Morgan fingerprint density at radius 2 is 2.00 bits per heavy atom. The van der Waals surface area contributed by atoms with Crippen molar-refractivity contribution in [3.8, 4) is 11.5 Å². The summed E-state index contributed by atoms with van der Waals surface area (Å²) < 4.78 is 30.3. The zero-order chi connectivity index (χ0) is 14.2. The van der Waals surface area contributed by atoms with Gasteiger partial charge in [0.15, 0.2) is 0 Å². The maximum absolute atomic E-state index is 11.7. The third-order valence-corrected chi connectivity index (χ3v) is 5.23. The molecular formula is C12H12ClN3O3S. The first-order chi connectivity index (χ1) is 9.54. The molecule has 20 heavy (non-hydrogen) atoms. The largest absolute Gasteiger partial charge is 0.419 e. The lowest BCUT2D eigenvalue weighted by Gasteiger charge is -2.10. The summed E-state index contributed by atoms with van der Waals surface area (Å²) in [6, 6.07) is 7.00. The molecule has 0 aliphatic carbocycles. The minimum absolute atomic E-state index is 0.128. The van der Waals surface area contributed by atoms with Crippen molar-refractivity contribution in [3.05, 3.63) is 35.2 Å². The summed E-state index contributed by atoms with van der Waals surface area (Å²) in [5, 5.41) is 8.43. The molecule has 0 saturated carbocycles. The van der Waals surface area contributed by atoms with E-state index in [0.29, 0.717) is 29.8 Å². The molecule has 1 saturated heterocycles. The molecule has 106 valence electrons. The molecule has 1 aromatic carbocycles. The maximum Gasteiger partial charge on any atom is 0.247 e. The van der Waals surface area contributed by atoms with Crippen LogP contribution in [-0.2, 0) is 16.6 Å². The SMILES string of the molecule is O=S1(=O)CCCN1Cc1nnc(-c2ccc(Cl)cc2)o1. The number of hydrogen-bond donors (Lipinski definition) is 0. The predicted octanol–water partition coefficient (Wildman–Crippen LogP) is 1.93. The van der Waals surface area contributed by atoms with Crippen molar-refractivity contribution < 1.29 is 12.8 Å². The van der Waals surface area contributed by atoms with Gasteiger partial charge in [-0.3, -0.25) is 0 Å². The first-order valence-corrected chi connectivity index (χ1v) is 8.09. The Morgan fingerprint density at radius 1 is 1.25 bits per heavy atom. The van der Waals surface area contributed by atoms with Crippen LogP contribution in [0.1, 0.15) is 12.3 Å². The zero-order valence-corrected chi connectivity index (χ0v) is 12.1. The quantitative estimate of drug-likeness (QED) is 0.865. The molecular weight excluding hydrogens is 302 g/mol. The first-order valence-electron chi connectivity index (χ1n) is 6.11. The van der Waals surface area contributed by atoms with E-state index in [-0.39, 0.29) is 12.3 Å². The molecule has 2 heterocycles. The molecule has 1 fully saturated rings. The molecule has 2 aromatic rings. The number of aromatic nitrogens is 2. The fourth-order valence-electron chi connectivity index (χ4n) is 2.05. The lowest BCUT2D eigenvalue weighted by Crippen LogP contribution is -2.25. The van der Waals surface area contributed by atoms with Gasteiger partial charge in [-0.15, -0.1) is 10.2 Å². The minimum Gasteiger partial charge on any atom is -0.419 e. The second kappa shape index (κ2) is 5.16. The number of rotatable bonds is 3. The van der Waals surface area contributed by atoms with Crippen LogP contribution in [0.15, 0.2) is 28.7 Å². The van der Waals surface area contributed by atoms with Crippen LogP contribution in [0.4, 0.5) is 0 Å². The zero-order valence-electron chi connectivity index (χ0n) is 10.5. The summed E-state index contributed by atoms with van der Waals surface area (Å²) in [5.74, 6) is 0.833. The number of halogens is 1. The number of benzene rings is 1. The van der Waals surface area contributed by atoms with Gasteiger partial charge in [0.25, 0.3) is 0 Å². The summed E-state index contributed by atoms with van der Waals surface area (Å²) in [6.45, 7) is 0.629. The molecule has 1 aromatic heterocycles. The molecule has 0 atom stereocenters. The van der Waals surface area contributed by atoms with Crippen LogP contribution in [-0.4, -0.2) is 35.2 Å². The van der Waals surface area contributed by atoms with E-state index >= 15 is 0 Å². The van der Waals surface area contributed by atoms with Crippen LogP contribution >= 0.6 is 11.6 Å². The standard InChI is InChI=1S/C12H12ClN3O3S/c13-10-4-2-9(3-5-10)12-15-14-11(19-12)8-16-6-1-7-20(16,17)18/h2-5H,1,6-8H2. The van der Waals surface area contributed by atoms with Crippen molar-refractivity contribution in [2.75, 3.05) is 12.3 Å². The van der Waals surface area contributed by atoms with E-state index in [1.165, 1.54) is 4.31 Å². The van der Waals surface area contributed by atoms with Crippen molar-refractivity contribution in [1.29, 1.82) is 0 Å². The molecule has 1 aliphatic heterocycles.